The highest BCUT2D eigenvalue weighted by Crippen LogP contribution is 2.18. The molecule has 0 bridgehead atoms. The molecule has 1 heteroatoms. The molecular weight excluding hydrogens is 188 g/mol. The fourth-order valence-electron chi connectivity index (χ4n) is 1.50. The minimum absolute atomic E-state index is 1.32. The summed E-state index contributed by atoms with van der Waals surface area (Å²) in [5.74, 6) is 0. The molecule has 1 aliphatic carbocycles. The van der Waals surface area contributed by atoms with Crippen LogP contribution >= 0.6 is 11.3 Å². The number of fused-ring (bicyclic) bond motifs is 1. The predicted octanol–water partition coefficient (Wildman–Crippen LogP) is 4.63. The average molecular weight is 202 g/mol. The Labute approximate surface area is 88.9 Å². The van der Waals surface area contributed by atoms with Gasteiger partial charge in [0.05, 0.1) is 0 Å². The van der Waals surface area contributed by atoms with E-state index in [4.69, 9.17) is 0 Å². The van der Waals surface area contributed by atoms with Crippen LogP contribution in [0.15, 0.2) is 47.9 Å². The Balaban J connectivity index is 0.000000128. The zero-order valence-electron chi connectivity index (χ0n) is 8.15. The Kier molecular flexibility index (Phi) is 3.36. The minimum Gasteiger partial charge on any atom is -0.144 e. The van der Waals surface area contributed by atoms with Crippen molar-refractivity contribution in [3.8, 4) is 0 Å². The molecular formula is C13H14S. The summed E-state index contributed by atoms with van der Waals surface area (Å²) < 4.78 is 1.37. The van der Waals surface area contributed by atoms with Crippen molar-refractivity contribution in [1.82, 2.24) is 0 Å². The van der Waals surface area contributed by atoms with E-state index in [1.807, 2.05) is 0 Å². The molecule has 1 aromatic carbocycles. The van der Waals surface area contributed by atoms with Gasteiger partial charge in [-0.05, 0) is 42.2 Å². The number of hydrogen-bond donors (Lipinski definition) is 0. The third-order valence-corrected chi connectivity index (χ3v) is 3.17. The SMILES string of the molecule is C1=CCCC1.c1ccc2sccc2c1. The van der Waals surface area contributed by atoms with Crippen molar-refractivity contribution >= 4 is 21.4 Å². The minimum atomic E-state index is 1.32. The molecule has 0 nitrogen and oxygen atoms in total. The van der Waals surface area contributed by atoms with Crippen molar-refractivity contribution in [2.24, 2.45) is 0 Å². The summed E-state index contributed by atoms with van der Waals surface area (Å²) in [6, 6.07) is 10.5. The first kappa shape index (κ1) is 9.47. The second-order valence-electron chi connectivity index (χ2n) is 3.36. The number of thiophene rings is 1. The first-order valence-electron chi connectivity index (χ1n) is 5.04. The highest BCUT2D eigenvalue weighted by molar-refractivity contribution is 7.17. The van der Waals surface area contributed by atoms with Gasteiger partial charge in [-0.1, -0.05) is 30.4 Å². The fourth-order valence-corrected chi connectivity index (χ4v) is 2.29. The van der Waals surface area contributed by atoms with Gasteiger partial charge >= 0.3 is 0 Å². The van der Waals surface area contributed by atoms with Crippen LogP contribution in [0.25, 0.3) is 10.1 Å². The quantitative estimate of drug-likeness (QED) is 0.546. The number of allylic oxidation sites excluding steroid dienone is 2. The fraction of sp³-hybridized carbons (Fsp3) is 0.231. The molecule has 0 saturated heterocycles. The molecule has 0 fully saturated rings. The maximum Gasteiger partial charge on any atom is 0.0342 e. The van der Waals surface area contributed by atoms with Gasteiger partial charge in [0.25, 0.3) is 0 Å². The van der Waals surface area contributed by atoms with Crippen molar-refractivity contribution in [2.75, 3.05) is 0 Å². The van der Waals surface area contributed by atoms with Gasteiger partial charge in [-0.3, -0.25) is 0 Å². The van der Waals surface area contributed by atoms with Gasteiger partial charge in [0.1, 0.15) is 0 Å². The molecule has 1 aromatic heterocycles. The summed E-state index contributed by atoms with van der Waals surface area (Å²) in [5, 5.41) is 3.47. The first-order chi connectivity index (χ1) is 6.97. The van der Waals surface area contributed by atoms with Crippen LogP contribution in [0, 0.1) is 0 Å². The first-order valence-corrected chi connectivity index (χ1v) is 5.92. The van der Waals surface area contributed by atoms with Crippen LogP contribution in [0.1, 0.15) is 19.3 Å². The molecule has 1 aliphatic rings. The van der Waals surface area contributed by atoms with Crippen molar-refractivity contribution in [2.45, 2.75) is 19.3 Å². The van der Waals surface area contributed by atoms with Crippen molar-refractivity contribution < 1.29 is 0 Å². The zero-order valence-corrected chi connectivity index (χ0v) is 8.96. The van der Waals surface area contributed by atoms with Crippen LogP contribution in [0.3, 0.4) is 0 Å². The normalized spacial score (nSPS) is 14.0. The number of benzene rings is 1. The van der Waals surface area contributed by atoms with E-state index >= 15 is 0 Å². The lowest BCUT2D eigenvalue weighted by atomic mass is 10.3. The lowest BCUT2D eigenvalue weighted by molar-refractivity contribution is 0.929. The Morgan fingerprint density at radius 1 is 0.929 bits per heavy atom. The molecule has 0 unspecified atom stereocenters. The molecule has 0 atom stereocenters. The van der Waals surface area contributed by atoms with Crippen LogP contribution in [0.5, 0.6) is 0 Å². The smallest absolute Gasteiger partial charge is 0.0342 e. The van der Waals surface area contributed by atoms with Crippen LogP contribution in [0.4, 0.5) is 0 Å². The van der Waals surface area contributed by atoms with Crippen molar-refractivity contribution in [3.63, 3.8) is 0 Å². The van der Waals surface area contributed by atoms with E-state index in [-0.39, 0.29) is 0 Å². The summed E-state index contributed by atoms with van der Waals surface area (Å²) >= 11 is 1.79. The zero-order chi connectivity index (χ0) is 9.64. The highest BCUT2D eigenvalue weighted by atomic mass is 32.1. The van der Waals surface area contributed by atoms with E-state index in [2.05, 4.69) is 47.9 Å². The summed E-state index contributed by atoms with van der Waals surface area (Å²) in [4.78, 5) is 0. The topological polar surface area (TPSA) is 0 Å². The molecule has 14 heavy (non-hydrogen) atoms. The Bertz CT molecular complexity index is 376. The van der Waals surface area contributed by atoms with Gasteiger partial charge in [0.15, 0.2) is 0 Å². The highest BCUT2D eigenvalue weighted by Gasteiger charge is 1.87. The molecule has 72 valence electrons. The maximum absolute atomic E-state index is 2.24. The van der Waals surface area contributed by atoms with Crippen LogP contribution < -0.4 is 0 Å². The molecule has 3 rings (SSSR count). The second kappa shape index (κ2) is 4.97. The molecule has 0 amide bonds. The third-order valence-electron chi connectivity index (χ3n) is 2.27. The maximum atomic E-state index is 2.24. The monoisotopic (exact) mass is 202 g/mol. The average Bonchev–Trinajstić information content (AvgIpc) is 2.92. The molecule has 0 saturated carbocycles. The van der Waals surface area contributed by atoms with Gasteiger partial charge in [0.2, 0.25) is 0 Å². The lowest BCUT2D eigenvalue weighted by Crippen LogP contribution is -1.56. The van der Waals surface area contributed by atoms with Gasteiger partial charge in [0, 0.05) is 4.70 Å². The largest absolute Gasteiger partial charge is 0.144 e. The van der Waals surface area contributed by atoms with Gasteiger partial charge in [-0.25, -0.2) is 0 Å². The van der Waals surface area contributed by atoms with Gasteiger partial charge in [-0.15, -0.1) is 11.3 Å². The van der Waals surface area contributed by atoms with Crippen molar-refractivity contribution in [3.05, 3.63) is 47.9 Å². The molecule has 0 aliphatic heterocycles. The van der Waals surface area contributed by atoms with E-state index in [1.165, 1.54) is 29.3 Å². The van der Waals surface area contributed by atoms with Crippen molar-refractivity contribution in [1.29, 1.82) is 0 Å². The van der Waals surface area contributed by atoms with Gasteiger partial charge < -0.3 is 0 Å². The van der Waals surface area contributed by atoms with E-state index < -0.39 is 0 Å². The van der Waals surface area contributed by atoms with Crippen LogP contribution in [-0.2, 0) is 0 Å². The number of hydrogen-bond acceptors (Lipinski definition) is 1. The molecule has 0 radical (unpaired) electrons. The van der Waals surface area contributed by atoms with Gasteiger partial charge in [-0.2, -0.15) is 0 Å². The molecule has 2 aromatic rings. The Morgan fingerprint density at radius 2 is 1.71 bits per heavy atom. The Morgan fingerprint density at radius 3 is 2.36 bits per heavy atom. The predicted molar refractivity (Wildman–Crippen MR) is 64.8 cm³/mol. The van der Waals surface area contributed by atoms with E-state index in [0.29, 0.717) is 0 Å². The second-order valence-corrected chi connectivity index (χ2v) is 4.31. The lowest BCUT2D eigenvalue weighted by Gasteiger charge is -1.82. The third kappa shape index (κ3) is 2.46. The summed E-state index contributed by atoms with van der Waals surface area (Å²) in [7, 11) is 0. The Hall–Kier alpha value is -1.08. The summed E-state index contributed by atoms with van der Waals surface area (Å²) in [6.07, 6.45) is 8.50. The van der Waals surface area contributed by atoms with E-state index in [0.717, 1.165) is 0 Å². The standard InChI is InChI=1S/C8H6S.C5H8/c1-2-4-8-7(3-1)5-6-9-8;1-2-4-5-3-1/h1-6H;1-2H,3-5H2. The summed E-state index contributed by atoms with van der Waals surface area (Å²) in [6.45, 7) is 0. The number of rotatable bonds is 0. The van der Waals surface area contributed by atoms with E-state index in [9.17, 15) is 0 Å². The molecule has 1 heterocycles. The summed E-state index contributed by atoms with van der Waals surface area (Å²) in [5.41, 5.74) is 0. The molecule has 0 spiro atoms. The van der Waals surface area contributed by atoms with Crippen LogP contribution in [-0.4, -0.2) is 0 Å². The van der Waals surface area contributed by atoms with Crippen LogP contribution in [0.2, 0.25) is 0 Å². The molecule has 0 N–H and O–H groups in total. The van der Waals surface area contributed by atoms with E-state index in [1.54, 1.807) is 11.3 Å².